The molecule has 0 amide bonds. The molecule has 2 aliphatic rings. The molecule has 1 atom stereocenters. The Labute approximate surface area is 171 Å². The molecule has 1 heterocycles. The Bertz CT molecular complexity index is 801. The van der Waals surface area contributed by atoms with E-state index in [1.54, 1.807) is 0 Å². The first kappa shape index (κ1) is 19.5. The first-order valence-electron chi connectivity index (χ1n) is 9.79. The molecule has 0 aromatic heterocycles. The molecule has 28 heavy (non-hydrogen) atoms. The SMILES string of the molecule is C=C(c1ccc(Cl)cc1)C1COC2(CCC(Nc3ccc(C)cc3)CC2)OO1. The van der Waals surface area contributed by atoms with Gasteiger partial charge in [-0.15, -0.1) is 0 Å². The monoisotopic (exact) mass is 399 g/mol. The van der Waals surface area contributed by atoms with Crippen LogP contribution in [0.2, 0.25) is 5.02 Å². The van der Waals surface area contributed by atoms with Gasteiger partial charge in [-0.3, -0.25) is 0 Å². The van der Waals surface area contributed by atoms with E-state index in [-0.39, 0.29) is 6.10 Å². The molecular formula is C23H26ClNO3. The molecule has 1 saturated heterocycles. The molecule has 1 aliphatic carbocycles. The summed E-state index contributed by atoms with van der Waals surface area (Å²) in [6.45, 7) is 6.68. The summed E-state index contributed by atoms with van der Waals surface area (Å²) >= 11 is 5.95. The zero-order valence-electron chi connectivity index (χ0n) is 16.1. The van der Waals surface area contributed by atoms with Crippen LogP contribution in [0.4, 0.5) is 5.69 Å². The number of aryl methyl sites for hydroxylation is 1. The molecule has 4 nitrogen and oxygen atoms in total. The maximum absolute atomic E-state index is 6.14. The van der Waals surface area contributed by atoms with Crippen molar-refractivity contribution in [1.82, 2.24) is 0 Å². The highest BCUT2D eigenvalue weighted by Gasteiger charge is 2.43. The van der Waals surface area contributed by atoms with Crippen molar-refractivity contribution < 1.29 is 14.5 Å². The average molecular weight is 400 g/mol. The van der Waals surface area contributed by atoms with E-state index >= 15 is 0 Å². The summed E-state index contributed by atoms with van der Waals surface area (Å²) in [6, 6.07) is 16.5. The van der Waals surface area contributed by atoms with Gasteiger partial charge in [0.15, 0.2) is 0 Å². The van der Waals surface area contributed by atoms with E-state index < -0.39 is 5.79 Å². The van der Waals surface area contributed by atoms with Gasteiger partial charge >= 0.3 is 0 Å². The number of ether oxygens (including phenoxy) is 1. The van der Waals surface area contributed by atoms with Crippen molar-refractivity contribution in [2.75, 3.05) is 11.9 Å². The predicted molar refractivity (Wildman–Crippen MR) is 112 cm³/mol. The van der Waals surface area contributed by atoms with Crippen molar-refractivity contribution in [3.05, 3.63) is 71.3 Å². The van der Waals surface area contributed by atoms with Gasteiger partial charge in [-0.25, -0.2) is 9.78 Å². The maximum atomic E-state index is 6.14. The standard InChI is InChI=1S/C23H26ClNO3/c1-16-3-9-20(10-4-16)25-21-11-13-23(14-12-21)26-15-22(27-28-23)17(2)18-5-7-19(24)8-6-18/h3-10,21-22,25H,2,11-15H2,1H3. The van der Waals surface area contributed by atoms with E-state index in [1.165, 1.54) is 5.56 Å². The highest BCUT2D eigenvalue weighted by molar-refractivity contribution is 6.30. The number of halogens is 1. The summed E-state index contributed by atoms with van der Waals surface area (Å²) in [5.74, 6) is -0.637. The summed E-state index contributed by atoms with van der Waals surface area (Å²) in [7, 11) is 0. The Balaban J connectivity index is 1.28. The van der Waals surface area contributed by atoms with E-state index in [9.17, 15) is 0 Å². The second kappa shape index (κ2) is 8.26. The van der Waals surface area contributed by atoms with Gasteiger partial charge in [0.25, 0.3) is 0 Å². The number of anilines is 1. The third kappa shape index (κ3) is 4.41. The van der Waals surface area contributed by atoms with Crippen molar-refractivity contribution >= 4 is 22.9 Å². The van der Waals surface area contributed by atoms with Crippen LogP contribution in [0.15, 0.2) is 55.1 Å². The van der Waals surface area contributed by atoms with Gasteiger partial charge < -0.3 is 10.1 Å². The molecule has 1 saturated carbocycles. The van der Waals surface area contributed by atoms with Gasteiger partial charge in [0.1, 0.15) is 6.10 Å². The average Bonchev–Trinajstić information content (AvgIpc) is 2.72. The van der Waals surface area contributed by atoms with E-state index in [0.29, 0.717) is 17.7 Å². The predicted octanol–water partition coefficient (Wildman–Crippen LogP) is 5.76. The second-order valence-corrected chi connectivity index (χ2v) is 8.14. The molecule has 0 bridgehead atoms. The maximum Gasteiger partial charge on any atom is 0.201 e. The minimum atomic E-state index is -0.637. The molecule has 2 aromatic rings. The Morgan fingerprint density at radius 3 is 2.36 bits per heavy atom. The van der Waals surface area contributed by atoms with Crippen LogP contribution in [0.3, 0.4) is 0 Å². The lowest BCUT2D eigenvalue weighted by Crippen LogP contribution is -2.49. The summed E-state index contributed by atoms with van der Waals surface area (Å²) in [4.78, 5) is 11.5. The zero-order chi connectivity index (χ0) is 19.6. The fraction of sp³-hybridized carbons (Fsp3) is 0.391. The van der Waals surface area contributed by atoms with Crippen molar-refractivity contribution in [2.24, 2.45) is 0 Å². The van der Waals surface area contributed by atoms with Gasteiger partial charge in [-0.2, -0.15) is 0 Å². The van der Waals surface area contributed by atoms with Crippen LogP contribution in [0.5, 0.6) is 0 Å². The smallest absolute Gasteiger partial charge is 0.201 e. The lowest BCUT2D eigenvalue weighted by molar-refractivity contribution is -0.483. The highest BCUT2D eigenvalue weighted by Crippen LogP contribution is 2.38. The van der Waals surface area contributed by atoms with Gasteiger partial charge in [0.2, 0.25) is 5.79 Å². The topological polar surface area (TPSA) is 39.7 Å². The molecule has 1 spiro atoms. The third-order valence-electron chi connectivity index (χ3n) is 5.59. The molecule has 5 heteroatoms. The van der Waals surface area contributed by atoms with Crippen molar-refractivity contribution in [2.45, 2.75) is 50.5 Å². The van der Waals surface area contributed by atoms with E-state index in [2.05, 4.69) is 43.1 Å². The van der Waals surface area contributed by atoms with Gasteiger partial charge in [0.05, 0.1) is 6.61 Å². The summed E-state index contributed by atoms with van der Waals surface area (Å²) in [5.41, 5.74) is 4.24. The number of benzene rings is 2. The number of rotatable bonds is 4. The number of hydrogen-bond donors (Lipinski definition) is 1. The van der Waals surface area contributed by atoms with Gasteiger partial charge in [0, 0.05) is 29.6 Å². The van der Waals surface area contributed by atoms with Crippen LogP contribution in [0, 0.1) is 6.92 Å². The van der Waals surface area contributed by atoms with Crippen LogP contribution in [0.25, 0.3) is 5.57 Å². The highest BCUT2D eigenvalue weighted by atomic mass is 35.5. The fourth-order valence-electron chi connectivity index (χ4n) is 3.75. The minimum absolute atomic E-state index is 0.310. The van der Waals surface area contributed by atoms with Gasteiger partial charge in [-0.1, -0.05) is 48.0 Å². The van der Waals surface area contributed by atoms with Crippen molar-refractivity contribution in [3.63, 3.8) is 0 Å². The molecule has 4 rings (SSSR count). The largest absolute Gasteiger partial charge is 0.382 e. The normalized spacial score (nSPS) is 27.5. The summed E-state index contributed by atoms with van der Waals surface area (Å²) in [6.07, 6.45) is 3.24. The Kier molecular flexibility index (Phi) is 5.74. The second-order valence-electron chi connectivity index (χ2n) is 7.71. The summed E-state index contributed by atoms with van der Waals surface area (Å²) < 4.78 is 6.14. The van der Waals surface area contributed by atoms with E-state index in [0.717, 1.165) is 42.5 Å². The van der Waals surface area contributed by atoms with Crippen LogP contribution >= 0.6 is 11.6 Å². The van der Waals surface area contributed by atoms with Crippen LogP contribution in [0.1, 0.15) is 36.8 Å². The third-order valence-corrected chi connectivity index (χ3v) is 5.84. The molecule has 1 unspecified atom stereocenters. The van der Waals surface area contributed by atoms with Crippen molar-refractivity contribution in [1.29, 1.82) is 0 Å². The quantitative estimate of drug-likeness (QED) is 0.663. The Morgan fingerprint density at radius 2 is 1.75 bits per heavy atom. The first-order chi connectivity index (χ1) is 13.5. The molecule has 0 radical (unpaired) electrons. The Morgan fingerprint density at radius 1 is 1.07 bits per heavy atom. The molecular weight excluding hydrogens is 374 g/mol. The van der Waals surface area contributed by atoms with E-state index in [4.69, 9.17) is 26.1 Å². The van der Waals surface area contributed by atoms with Crippen LogP contribution < -0.4 is 5.32 Å². The lowest BCUT2D eigenvalue weighted by atomic mass is 9.89. The number of nitrogens with one attached hydrogen (secondary N) is 1. The minimum Gasteiger partial charge on any atom is -0.382 e. The molecule has 2 fully saturated rings. The fourth-order valence-corrected chi connectivity index (χ4v) is 3.87. The van der Waals surface area contributed by atoms with Crippen LogP contribution in [-0.4, -0.2) is 24.5 Å². The molecule has 1 aliphatic heterocycles. The summed E-state index contributed by atoms with van der Waals surface area (Å²) in [5, 5.41) is 4.30. The molecule has 148 valence electrons. The van der Waals surface area contributed by atoms with E-state index in [1.807, 2.05) is 24.3 Å². The van der Waals surface area contributed by atoms with Crippen LogP contribution in [-0.2, 0) is 14.5 Å². The first-order valence-corrected chi connectivity index (χ1v) is 10.2. The molecule has 1 N–H and O–H groups in total. The Hall–Kier alpha value is -1.85. The molecule has 2 aromatic carbocycles. The van der Waals surface area contributed by atoms with Crippen molar-refractivity contribution in [3.8, 4) is 0 Å². The zero-order valence-corrected chi connectivity index (χ0v) is 16.9. The van der Waals surface area contributed by atoms with Gasteiger partial charge in [-0.05, 0) is 55.2 Å². The number of hydrogen-bond acceptors (Lipinski definition) is 4. The lowest BCUT2D eigenvalue weighted by Gasteiger charge is -2.43.